The number of hydrogen-bond donors (Lipinski definition) is 0. The Hall–Kier alpha value is -1.52. The molecule has 5 heteroatoms. The van der Waals surface area contributed by atoms with E-state index < -0.39 is 5.97 Å². The molecule has 2 rings (SSSR count). The van der Waals surface area contributed by atoms with E-state index >= 15 is 0 Å². The summed E-state index contributed by atoms with van der Waals surface area (Å²) in [6, 6.07) is 12.2. The van der Waals surface area contributed by atoms with Crippen molar-refractivity contribution in [3.63, 3.8) is 0 Å². The lowest BCUT2D eigenvalue weighted by molar-refractivity contribution is -0.136. The molecule has 0 fully saturated rings. The van der Waals surface area contributed by atoms with Gasteiger partial charge in [0.1, 0.15) is 11.5 Å². The van der Waals surface area contributed by atoms with Gasteiger partial charge in [0.15, 0.2) is 6.61 Å². The van der Waals surface area contributed by atoms with E-state index in [4.69, 9.17) is 21.1 Å². The summed E-state index contributed by atoms with van der Waals surface area (Å²) in [7, 11) is 0. The fraction of sp³-hybridized carbons (Fsp3) is 0.133. The first-order valence-corrected chi connectivity index (χ1v) is 7.07. The molecular weight excluding hydrogens is 344 g/mol. The molecule has 0 aliphatic heterocycles. The number of aryl methyl sites for hydroxylation is 1. The summed E-state index contributed by atoms with van der Waals surface area (Å²) in [5.74, 6) is 0.605. The van der Waals surface area contributed by atoms with Crippen LogP contribution < -0.4 is 9.47 Å². The van der Waals surface area contributed by atoms with Crippen LogP contribution in [-0.4, -0.2) is 12.6 Å². The topological polar surface area (TPSA) is 35.5 Å². The third-order valence-electron chi connectivity index (χ3n) is 2.53. The first-order chi connectivity index (χ1) is 9.54. The summed E-state index contributed by atoms with van der Waals surface area (Å²) in [6.45, 7) is 1.71. The number of halogens is 2. The predicted molar refractivity (Wildman–Crippen MR) is 81.5 cm³/mol. The second kappa shape index (κ2) is 6.77. The second-order valence-electron chi connectivity index (χ2n) is 4.13. The van der Waals surface area contributed by atoms with Crippen molar-refractivity contribution in [2.24, 2.45) is 0 Å². The predicted octanol–water partition coefficient (Wildman–Crippen LogP) is 4.40. The highest BCUT2D eigenvalue weighted by molar-refractivity contribution is 9.10. The molecule has 0 spiro atoms. The zero-order valence-electron chi connectivity index (χ0n) is 10.7. The molecule has 2 aromatic rings. The first kappa shape index (κ1) is 14.9. The first-order valence-electron chi connectivity index (χ1n) is 5.90. The van der Waals surface area contributed by atoms with E-state index in [0.717, 1.165) is 10.0 Å². The molecule has 0 amide bonds. The van der Waals surface area contributed by atoms with E-state index in [0.29, 0.717) is 16.5 Å². The molecule has 104 valence electrons. The molecular formula is C15H12BrClO3. The van der Waals surface area contributed by atoms with Crippen molar-refractivity contribution >= 4 is 33.5 Å². The fourth-order valence-electron chi connectivity index (χ4n) is 1.51. The highest BCUT2D eigenvalue weighted by atomic mass is 79.9. The molecule has 0 saturated heterocycles. The molecule has 0 heterocycles. The molecule has 2 aromatic carbocycles. The van der Waals surface area contributed by atoms with Gasteiger partial charge >= 0.3 is 5.97 Å². The van der Waals surface area contributed by atoms with E-state index in [1.165, 1.54) is 0 Å². The molecule has 20 heavy (non-hydrogen) atoms. The maximum Gasteiger partial charge on any atom is 0.349 e. The summed E-state index contributed by atoms with van der Waals surface area (Å²) < 4.78 is 11.4. The SMILES string of the molecule is Cc1cc(OCC(=O)Oc2ccc(Br)cc2)ccc1Cl. The molecule has 0 bridgehead atoms. The van der Waals surface area contributed by atoms with Gasteiger partial charge in [-0.25, -0.2) is 4.79 Å². The van der Waals surface area contributed by atoms with Crippen LogP contribution in [0.25, 0.3) is 0 Å². The van der Waals surface area contributed by atoms with E-state index in [1.54, 1.807) is 42.5 Å². The highest BCUT2D eigenvalue weighted by Crippen LogP contribution is 2.21. The summed E-state index contributed by atoms with van der Waals surface area (Å²) >= 11 is 9.22. The molecule has 0 aliphatic carbocycles. The minimum absolute atomic E-state index is 0.156. The molecule has 0 atom stereocenters. The zero-order chi connectivity index (χ0) is 14.5. The molecule has 0 radical (unpaired) electrons. The van der Waals surface area contributed by atoms with Crippen LogP contribution in [0.1, 0.15) is 5.56 Å². The van der Waals surface area contributed by atoms with Crippen molar-refractivity contribution in [2.45, 2.75) is 6.92 Å². The van der Waals surface area contributed by atoms with Gasteiger partial charge in [0.2, 0.25) is 0 Å². The number of carbonyl (C=O) groups is 1. The van der Waals surface area contributed by atoms with Crippen molar-refractivity contribution in [3.8, 4) is 11.5 Å². The van der Waals surface area contributed by atoms with Crippen LogP contribution in [0, 0.1) is 6.92 Å². The number of ether oxygens (including phenoxy) is 2. The van der Waals surface area contributed by atoms with Crippen molar-refractivity contribution in [1.29, 1.82) is 0 Å². The van der Waals surface area contributed by atoms with Gasteiger partial charge in [-0.05, 0) is 55.0 Å². The lowest BCUT2D eigenvalue weighted by atomic mass is 10.2. The molecule has 3 nitrogen and oxygen atoms in total. The Bertz CT molecular complexity index is 611. The minimum atomic E-state index is -0.458. The average molecular weight is 356 g/mol. The smallest absolute Gasteiger partial charge is 0.349 e. The third-order valence-corrected chi connectivity index (χ3v) is 3.48. The lowest BCUT2D eigenvalue weighted by Gasteiger charge is -2.08. The van der Waals surface area contributed by atoms with E-state index in [-0.39, 0.29) is 6.61 Å². The van der Waals surface area contributed by atoms with Gasteiger partial charge < -0.3 is 9.47 Å². The Kier molecular flexibility index (Phi) is 5.04. The van der Waals surface area contributed by atoms with Gasteiger partial charge in [-0.2, -0.15) is 0 Å². The maximum atomic E-state index is 11.6. The number of hydrogen-bond acceptors (Lipinski definition) is 3. The number of esters is 1. The molecule has 0 unspecified atom stereocenters. The summed E-state index contributed by atoms with van der Waals surface area (Å²) in [4.78, 5) is 11.6. The van der Waals surface area contributed by atoms with Crippen LogP contribution in [-0.2, 0) is 4.79 Å². The van der Waals surface area contributed by atoms with Gasteiger partial charge in [0.25, 0.3) is 0 Å². The number of benzene rings is 2. The van der Waals surface area contributed by atoms with Gasteiger partial charge in [-0.3, -0.25) is 0 Å². The van der Waals surface area contributed by atoms with Crippen LogP contribution in [0.3, 0.4) is 0 Å². The Labute approximate surface area is 130 Å². The highest BCUT2D eigenvalue weighted by Gasteiger charge is 2.07. The standard InChI is InChI=1S/C15H12BrClO3/c1-10-8-13(6-7-14(10)17)19-9-15(18)20-12-4-2-11(16)3-5-12/h2-8H,9H2,1H3. The van der Waals surface area contributed by atoms with Crippen molar-refractivity contribution < 1.29 is 14.3 Å². The maximum absolute atomic E-state index is 11.6. The van der Waals surface area contributed by atoms with Crippen LogP contribution >= 0.6 is 27.5 Å². The van der Waals surface area contributed by atoms with Gasteiger partial charge in [-0.15, -0.1) is 0 Å². The Morgan fingerprint density at radius 2 is 1.80 bits per heavy atom. The molecule has 0 aromatic heterocycles. The Morgan fingerprint density at radius 1 is 1.15 bits per heavy atom. The normalized spacial score (nSPS) is 10.2. The lowest BCUT2D eigenvalue weighted by Crippen LogP contribution is -2.17. The van der Waals surface area contributed by atoms with Crippen LogP contribution in [0.5, 0.6) is 11.5 Å². The molecule has 0 aliphatic rings. The number of carbonyl (C=O) groups excluding carboxylic acids is 1. The number of rotatable bonds is 4. The summed E-state index contributed by atoms with van der Waals surface area (Å²) in [5.41, 5.74) is 0.894. The largest absolute Gasteiger partial charge is 0.482 e. The Balaban J connectivity index is 1.88. The zero-order valence-corrected chi connectivity index (χ0v) is 13.1. The van der Waals surface area contributed by atoms with E-state index in [9.17, 15) is 4.79 Å². The van der Waals surface area contributed by atoms with E-state index in [1.807, 2.05) is 6.92 Å². The van der Waals surface area contributed by atoms with Gasteiger partial charge in [0, 0.05) is 9.50 Å². The van der Waals surface area contributed by atoms with Crippen molar-refractivity contribution in [3.05, 3.63) is 57.5 Å². The Morgan fingerprint density at radius 3 is 2.45 bits per heavy atom. The summed E-state index contributed by atoms with van der Waals surface area (Å²) in [5, 5.41) is 0.662. The van der Waals surface area contributed by atoms with Crippen molar-refractivity contribution in [1.82, 2.24) is 0 Å². The molecule has 0 N–H and O–H groups in total. The average Bonchev–Trinajstić information content (AvgIpc) is 2.43. The quantitative estimate of drug-likeness (QED) is 0.602. The van der Waals surface area contributed by atoms with Crippen LogP contribution in [0.15, 0.2) is 46.9 Å². The third kappa shape index (κ3) is 4.25. The minimum Gasteiger partial charge on any atom is -0.482 e. The van der Waals surface area contributed by atoms with E-state index in [2.05, 4.69) is 15.9 Å². The van der Waals surface area contributed by atoms with Crippen LogP contribution in [0.4, 0.5) is 0 Å². The fourth-order valence-corrected chi connectivity index (χ4v) is 1.89. The van der Waals surface area contributed by atoms with Gasteiger partial charge in [0.05, 0.1) is 0 Å². The van der Waals surface area contributed by atoms with Gasteiger partial charge in [-0.1, -0.05) is 27.5 Å². The second-order valence-corrected chi connectivity index (χ2v) is 5.45. The van der Waals surface area contributed by atoms with Crippen LogP contribution in [0.2, 0.25) is 5.02 Å². The van der Waals surface area contributed by atoms with Crippen molar-refractivity contribution in [2.75, 3.05) is 6.61 Å². The molecule has 0 saturated carbocycles. The summed E-state index contributed by atoms with van der Waals surface area (Å²) in [6.07, 6.45) is 0. The monoisotopic (exact) mass is 354 g/mol.